The van der Waals surface area contributed by atoms with Crippen LogP contribution >= 0.6 is 12.4 Å². The van der Waals surface area contributed by atoms with Crippen molar-refractivity contribution in [3.8, 4) is 11.5 Å². The van der Waals surface area contributed by atoms with Gasteiger partial charge < -0.3 is 24.8 Å². The second-order valence-electron chi connectivity index (χ2n) is 6.70. The highest BCUT2D eigenvalue weighted by atomic mass is 35.5. The van der Waals surface area contributed by atoms with Crippen LogP contribution in [0.2, 0.25) is 0 Å². The average molecular weight is 425 g/mol. The van der Waals surface area contributed by atoms with Gasteiger partial charge in [0, 0.05) is 25.3 Å². The van der Waals surface area contributed by atoms with Crippen LogP contribution in [-0.2, 0) is 17.6 Å². The number of unbranched alkanes of at least 4 members (excludes halogenated alkanes) is 1. The van der Waals surface area contributed by atoms with E-state index >= 15 is 0 Å². The molecule has 2 aromatic rings. The molecule has 1 aromatic heterocycles. The Hall–Kier alpha value is -2.81. The third-order valence-corrected chi connectivity index (χ3v) is 4.39. The van der Waals surface area contributed by atoms with Crippen molar-refractivity contribution in [1.82, 2.24) is 10.1 Å². The van der Waals surface area contributed by atoms with Crippen LogP contribution in [-0.4, -0.2) is 40.4 Å². The summed E-state index contributed by atoms with van der Waals surface area (Å²) >= 11 is 0. The standard InChI is InChI=1S/C19H24N4O5.ClH/c1-12(20)21-7-3-2-4-17-22-18(28-23-17)9-14(10-19(24)25)13-5-6-15-16(8-13)27-11-26-15;/h5-6,8,14H,2-4,7,9-11H2,1H3,(H2,20,21)(H,24,25);1H/t14-;/m0./s1. The molecule has 29 heavy (non-hydrogen) atoms. The number of hydrogen-bond acceptors (Lipinski definition) is 7. The number of carbonyl (C=O) groups is 1. The Balaban J connectivity index is 0.00000300. The summed E-state index contributed by atoms with van der Waals surface area (Å²) in [5.41, 5.74) is 6.34. The van der Waals surface area contributed by atoms with E-state index in [0.29, 0.717) is 48.4 Å². The van der Waals surface area contributed by atoms with Crippen molar-refractivity contribution in [2.45, 2.75) is 44.9 Å². The molecule has 3 rings (SSSR count). The highest BCUT2D eigenvalue weighted by Gasteiger charge is 2.23. The summed E-state index contributed by atoms with van der Waals surface area (Å²) in [5, 5.41) is 13.3. The molecule has 0 saturated heterocycles. The van der Waals surface area contributed by atoms with E-state index in [1.807, 2.05) is 12.1 Å². The SMILES string of the molecule is CC(N)=NCCCCc1noc(C[C@@H](CC(=O)O)c2ccc3c(c2)OCO3)n1.Cl. The van der Waals surface area contributed by atoms with Crippen LogP contribution in [0, 0.1) is 0 Å². The molecular formula is C19H25ClN4O5. The maximum atomic E-state index is 11.3. The van der Waals surface area contributed by atoms with Crippen LogP contribution in [0.25, 0.3) is 0 Å². The van der Waals surface area contributed by atoms with E-state index < -0.39 is 5.97 Å². The molecule has 1 aliphatic heterocycles. The van der Waals surface area contributed by atoms with Crippen LogP contribution in [0.4, 0.5) is 0 Å². The Morgan fingerprint density at radius 1 is 1.31 bits per heavy atom. The zero-order valence-electron chi connectivity index (χ0n) is 16.2. The maximum Gasteiger partial charge on any atom is 0.303 e. The molecule has 0 radical (unpaired) electrons. The lowest BCUT2D eigenvalue weighted by molar-refractivity contribution is -0.137. The summed E-state index contributed by atoms with van der Waals surface area (Å²) < 4.78 is 16.0. The lowest BCUT2D eigenvalue weighted by Gasteiger charge is -2.13. The summed E-state index contributed by atoms with van der Waals surface area (Å²) in [6, 6.07) is 5.45. The van der Waals surface area contributed by atoms with Gasteiger partial charge in [-0.25, -0.2) is 0 Å². The van der Waals surface area contributed by atoms with Crippen molar-refractivity contribution < 1.29 is 23.9 Å². The van der Waals surface area contributed by atoms with Crippen molar-refractivity contribution in [3.63, 3.8) is 0 Å². The highest BCUT2D eigenvalue weighted by molar-refractivity contribution is 5.85. The predicted molar refractivity (Wildman–Crippen MR) is 108 cm³/mol. The molecule has 0 amide bonds. The molecule has 9 nitrogen and oxygen atoms in total. The lowest BCUT2D eigenvalue weighted by Crippen LogP contribution is -2.09. The van der Waals surface area contributed by atoms with Crippen molar-refractivity contribution in [2.24, 2.45) is 10.7 Å². The Morgan fingerprint density at radius 2 is 2.10 bits per heavy atom. The number of amidine groups is 1. The summed E-state index contributed by atoms with van der Waals surface area (Å²) in [7, 11) is 0. The summed E-state index contributed by atoms with van der Waals surface area (Å²) in [5.74, 6) is 1.70. The van der Waals surface area contributed by atoms with Gasteiger partial charge >= 0.3 is 5.97 Å². The Labute approximate surface area is 174 Å². The fourth-order valence-electron chi connectivity index (χ4n) is 3.02. The number of ether oxygens (including phenoxy) is 2. The van der Waals surface area contributed by atoms with Gasteiger partial charge in [0.2, 0.25) is 12.7 Å². The number of aliphatic imine (C=N–C) groups is 1. The largest absolute Gasteiger partial charge is 0.481 e. The quantitative estimate of drug-likeness (QED) is 0.338. The second kappa shape index (κ2) is 10.7. The minimum absolute atomic E-state index is 0. The van der Waals surface area contributed by atoms with Gasteiger partial charge in [0.25, 0.3) is 0 Å². The molecular weight excluding hydrogens is 400 g/mol. The predicted octanol–water partition coefficient (Wildman–Crippen LogP) is 2.72. The first-order valence-corrected chi connectivity index (χ1v) is 9.20. The first-order valence-electron chi connectivity index (χ1n) is 9.20. The van der Waals surface area contributed by atoms with Gasteiger partial charge in [-0.1, -0.05) is 11.2 Å². The van der Waals surface area contributed by atoms with Gasteiger partial charge in [-0.2, -0.15) is 4.98 Å². The molecule has 0 bridgehead atoms. The van der Waals surface area contributed by atoms with E-state index in [1.54, 1.807) is 13.0 Å². The zero-order chi connectivity index (χ0) is 19.9. The summed E-state index contributed by atoms with van der Waals surface area (Å²) in [6.45, 7) is 2.61. The minimum Gasteiger partial charge on any atom is -0.481 e. The molecule has 3 N–H and O–H groups in total. The van der Waals surface area contributed by atoms with Gasteiger partial charge in [-0.15, -0.1) is 12.4 Å². The highest BCUT2D eigenvalue weighted by Crippen LogP contribution is 2.36. The van der Waals surface area contributed by atoms with E-state index in [1.165, 1.54) is 0 Å². The number of nitrogens with zero attached hydrogens (tertiary/aromatic N) is 3. The lowest BCUT2D eigenvalue weighted by atomic mass is 9.92. The molecule has 158 valence electrons. The number of carboxylic acid groups (broad SMARTS) is 1. The first-order chi connectivity index (χ1) is 13.5. The fourth-order valence-corrected chi connectivity index (χ4v) is 3.02. The number of rotatable bonds is 10. The average Bonchev–Trinajstić information content (AvgIpc) is 3.28. The first kappa shape index (κ1) is 22.5. The number of aromatic nitrogens is 2. The number of nitrogens with two attached hydrogens (primary N) is 1. The fraction of sp³-hybridized carbons (Fsp3) is 0.474. The van der Waals surface area contributed by atoms with Gasteiger partial charge in [-0.3, -0.25) is 9.79 Å². The maximum absolute atomic E-state index is 11.3. The number of carboxylic acids is 1. The third kappa shape index (κ3) is 6.63. The molecule has 0 fully saturated rings. The molecule has 10 heteroatoms. The smallest absolute Gasteiger partial charge is 0.303 e. The van der Waals surface area contributed by atoms with E-state index in [4.69, 9.17) is 19.7 Å². The number of halogens is 1. The van der Waals surface area contributed by atoms with Gasteiger partial charge in [0.1, 0.15) is 0 Å². The Morgan fingerprint density at radius 3 is 2.86 bits per heavy atom. The van der Waals surface area contributed by atoms with Gasteiger partial charge in [-0.05, 0) is 37.5 Å². The van der Waals surface area contributed by atoms with Crippen molar-refractivity contribution in [2.75, 3.05) is 13.3 Å². The van der Waals surface area contributed by atoms with Crippen molar-refractivity contribution in [1.29, 1.82) is 0 Å². The molecule has 0 aliphatic carbocycles. The normalized spacial score (nSPS) is 13.8. The second-order valence-corrected chi connectivity index (χ2v) is 6.70. The van der Waals surface area contributed by atoms with E-state index in [9.17, 15) is 9.90 Å². The summed E-state index contributed by atoms with van der Waals surface area (Å²) in [6.07, 6.45) is 2.73. The minimum atomic E-state index is -0.891. The molecule has 1 atom stereocenters. The van der Waals surface area contributed by atoms with E-state index in [2.05, 4.69) is 15.1 Å². The van der Waals surface area contributed by atoms with Crippen LogP contribution in [0.15, 0.2) is 27.7 Å². The van der Waals surface area contributed by atoms with Crippen molar-refractivity contribution in [3.05, 3.63) is 35.5 Å². The monoisotopic (exact) mass is 424 g/mol. The zero-order valence-corrected chi connectivity index (χ0v) is 17.0. The molecule has 2 heterocycles. The topological polar surface area (TPSA) is 133 Å². The molecule has 0 saturated carbocycles. The number of hydrogen-bond donors (Lipinski definition) is 2. The Kier molecular flexibility index (Phi) is 8.26. The molecule has 0 spiro atoms. The van der Waals surface area contributed by atoms with Crippen LogP contribution < -0.4 is 15.2 Å². The molecule has 0 unspecified atom stereocenters. The van der Waals surface area contributed by atoms with Crippen LogP contribution in [0.5, 0.6) is 11.5 Å². The molecule has 1 aromatic carbocycles. The van der Waals surface area contributed by atoms with Gasteiger partial charge in [0.05, 0.1) is 12.3 Å². The van der Waals surface area contributed by atoms with E-state index in [0.717, 1.165) is 18.4 Å². The summed E-state index contributed by atoms with van der Waals surface area (Å²) in [4.78, 5) is 19.9. The molecule has 1 aliphatic rings. The number of aliphatic carboxylic acids is 1. The number of benzene rings is 1. The number of fused-ring (bicyclic) bond motifs is 1. The van der Waals surface area contributed by atoms with Crippen molar-refractivity contribution >= 4 is 24.2 Å². The van der Waals surface area contributed by atoms with Crippen LogP contribution in [0.1, 0.15) is 49.4 Å². The van der Waals surface area contributed by atoms with Gasteiger partial charge in [0.15, 0.2) is 17.3 Å². The van der Waals surface area contributed by atoms with Crippen LogP contribution in [0.3, 0.4) is 0 Å². The Bertz CT molecular complexity index is 851. The number of aryl methyl sites for hydroxylation is 1. The van der Waals surface area contributed by atoms with E-state index in [-0.39, 0.29) is 31.5 Å². The third-order valence-electron chi connectivity index (χ3n) is 4.39.